The smallest absolute Gasteiger partial charge is 0.0537 e. The van der Waals surface area contributed by atoms with Crippen molar-refractivity contribution < 1.29 is 5.11 Å². The third kappa shape index (κ3) is 3.95. The van der Waals surface area contributed by atoms with E-state index in [0.29, 0.717) is 5.92 Å². The molecule has 0 radical (unpaired) electrons. The highest BCUT2D eigenvalue weighted by atomic mass is 16.3. The first-order chi connectivity index (χ1) is 6.20. The third-order valence-corrected chi connectivity index (χ3v) is 3.13. The summed E-state index contributed by atoms with van der Waals surface area (Å²) in [6, 6.07) is 0. The molecule has 0 fully saturated rings. The lowest BCUT2D eigenvalue weighted by Crippen LogP contribution is -2.13. The van der Waals surface area contributed by atoms with E-state index in [2.05, 4.69) is 13.0 Å². The summed E-state index contributed by atoms with van der Waals surface area (Å²) in [5.74, 6) is 0.447. The molecule has 1 rings (SSSR count). The van der Waals surface area contributed by atoms with Gasteiger partial charge in [-0.2, -0.15) is 0 Å². The van der Waals surface area contributed by atoms with Gasteiger partial charge in [0.1, 0.15) is 0 Å². The molecule has 0 aliphatic heterocycles. The van der Waals surface area contributed by atoms with Crippen LogP contribution >= 0.6 is 0 Å². The molecule has 0 saturated carbocycles. The molecule has 1 heteroatoms. The van der Waals surface area contributed by atoms with Crippen LogP contribution in [-0.2, 0) is 0 Å². The summed E-state index contributed by atoms with van der Waals surface area (Å²) in [6.45, 7) is 4.02. The minimum absolute atomic E-state index is 0.149. The molecule has 0 aromatic carbocycles. The normalized spacial score (nSPS) is 22.2. The first-order valence-corrected chi connectivity index (χ1v) is 5.56. The quantitative estimate of drug-likeness (QED) is 0.661. The van der Waals surface area contributed by atoms with Crippen LogP contribution in [0.15, 0.2) is 11.6 Å². The van der Waals surface area contributed by atoms with E-state index in [1.807, 2.05) is 6.92 Å². The highest BCUT2D eigenvalue weighted by molar-refractivity contribution is 5.04. The number of aliphatic hydroxyl groups is 1. The van der Waals surface area contributed by atoms with Crippen LogP contribution in [0.2, 0.25) is 0 Å². The highest BCUT2D eigenvalue weighted by Gasteiger charge is 2.10. The molecule has 0 spiro atoms. The molecule has 1 nitrogen and oxygen atoms in total. The average molecular weight is 182 g/mol. The predicted octanol–water partition coefficient (Wildman–Crippen LogP) is 3.28. The van der Waals surface area contributed by atoms with E-state index in [0.717, 1.165) is 6.42 Å². The Kier molecular flexibility index (Phi) is 4.51. The molecule has 0 aromatic rings. The van der Waals surface area contributed by atoms with Crippen LogP contribution in [0.4, 0.5) is 0 Å². The van der Waals surface area contributed by atoms with Crippen molar-refractivity contribution in [1.82, 2.24) is 0 Å². The second-order valence-electron chi connectivity index (χ2n) is 4.36. The van der Waals surface area contributed by atoms with E-state index in [9.17, 15) is 5.11 Å². The van der Waals surface area contributed by atoms with Gasteiger partial charge < -0.3 is 5.11 Å². The lowest BCUT2D eigenvalue weighted by molar-refractivity contribution is 0.130. The van der Waals surface area contributed by atoms with E-state index in [4.69, 9.17) is 0 Å². The molecular formula is C12H22O. The lowest BCUT2D eigenvalue weighted by atomic mass is 9.91. The van der Waals surface area contributed by atoms with Crippen LogP contribution in [0.5, 0.6) is 0 Å². The Bertz CT molecular complexity index is 170. The van der Waals surface area contributed by atoms with Gasteiger partial charge in [0.15, 0.2) is 0 Å². The minimum atomic E-state index is -0.149. The van der Waals surface area contributed by atoms with Gasteiger partial charge in [-0.05, 0) is 51.4 Å². The van der Waals surface area contributed by atoms with Crippen LogP contribution in [-0.4, -0.2) is 11.2 Å². The van der Waals surface area contributed by atoms with E-state index in [1.165, 1.54) is 32.1 Å². The molecule has 13 heavy (non-hydrogen) atoms. The van der Waals surface area contributed by atoms with Crippen molar-refractivity contribution in [3.05, 3.63) is 11.6 Å². The zero-order valence-corrected chi connectivity index (χ0v) is 8.92. The van der Waals surface area contributed by atoms with Gasteiger partial charge in [-0.25, -0.2) is 0 Å². The van der Waals surface area contributed by atoms with Gasteiger partial charge in [0.25, 0.3) is 0 Å². The van der Waals surface area contributed by atoms with Gasteiger partial charge in [-0.1, -0.05) is 18.6 Å². The summed E-state index contributed by atoms with van der Waals surface area (Å²) < 4.78 is 0. The first kappa shape index (κ1) is 10.8. The van der Waals surface area contributed by atoms with Crippen LogP contribution < -0.4 is 0 Å². The van der Waals surface area contributed by atoms with Gasteiger partial charge in [0.05, 0.1) is 6.10 Å². The molecule has 0 bridgehead atoms. The van der Waals surface area contributed by atoms with Gasteiger partial charge in [-0.3, -0.25) is 0 Å². The minimum Gasteiger partial charge on any atom is -0.393 e. The number of allylic oxidation sites excluding steroid dienone is 2. The van der Waals surface area contributed by atoms with Gasteiger partial charge >= 0.3 is 0 Å². The predicted molar refractivity (Wildman–Crippen MR) is 56.6 cm³/mol. The Morgan fingerprint density at radius 3 is 2.69 bits per heavy atom. The average Bonchev–Trinajstić information content (AvgIpc) is 2.15. The summed E-state index contributed by atoms with van der Waals surface area (Å²) in [7, 11) is 0. The van der Waals surface area contributed by atoms with Crippen molar-refractivity contribution in [2.45, 2.75) is 58.5 Å². The highest BCUT2D eigenvalue weighted by Crippen LogP contribution is 2.23. The monoisotopic (exact) mass is 182 g/mol. The fourth-order valence-electron chi connectivity index (χ4n) is 1.79. The number of rotatable bonds is 4. The molecule has 1 aliphatic carbocycles. The third-order valence-electron chi connectivity index (χ3n) is 3.13. The molecule has 1 aliphatic rings. The SMILES string of the molecule is CC(O)C(C)CCC1=CCCCC1. The van der Waals surface area contributed by atoms with E-state index >= 15 is 0 Å². The van der Waals surface area contributed by atoms with Gasteiger partial charge in [0.2, 0.25) is 0 Å². The molecule has 0 aromatic heterocycles. The Balaban J connectivity index is 2.21. The molecular weight excluding hydrogens is 160 g/mol. The first-order valence-electron chi connectivity index (χ1n) is 5.56. The second kappa shape index (κ2) is 5.43. The Hall–Kier alpha value is -0.300. The molecule has 2 atom stereocenters. The fourth-order valence-corrected chi connectivity index (χ4v) is 1.79. The maximum absolute atomic E-state index is 9.33. The van der Waals surface area contributed by atoms with Crippen molar-refractivity contribution in [3.63, 3.8) is 0 Å². The second-order valence-corrected chi connectivity index (χ2v) is 4.36. The molecule has 0 saturated heterocycles. The van der Waals surface area contributed by atoms with Gasteiger partial charge in [0, 0.05) is 0 Å². The maximum atomic E-state index is 9.33. The van der Waals surface area contributed by atoms with Crippen LogP contribution in [0.1, 0.15) is 52.4 Å². The summed E-state index contributed by atoms with van der Waals surface area (Å²) in [6.07, 6.45) is 9.91. The maximum Gasteiger partial charge on any atom is 0.0537 e. The summed E-state index contributed by atoms with van der Waals surface area (Å²) >= 11 is 0. The topological polar surface area (TPSA) is 20.2 Å². The van der Waals surface area contributed by atoms with E-state index < -0.39 is 0 Å². The van der Waals surface area contributed by atoms with Crippen molar-refractivity contribution in [1.29, 1.82) is 0 Å². The number of hydrogen-bond donors (Lipinski definition) is 1. The molecule has 0 amide bonds. The lowest BCUT2D eigenvalue weighted by Gasteiger charge is -2.17. The Morgan fingerprint density at radius 1 is 1.38 bits per heavy atom. The molecule has 76 valence electrons. The molecule has 1 N–H and O–H groups in total. The zero-order chi connectivity index (χ0) is 9.68. The van der Waals surface area contributed by atoms with Crippen LogP contribution in [0.25, 0.3) is 0 Å². The molecule has 2 unspecified atom stereocenters. The van der Waals surface area contributed by atoms with E-state index in [1.54, 1.807) is 5.57 Å². The largest absolute Gasteiger partial charge is 0.393 e. The Labute approximate surface area is 81.9 Å². The number of hydrogen-bond acceptors (Lipinski definition) is 1. The van der Waals surface area contributed by atoms with Crippen molar-refractivity contribution >= 4 is 0 Å². The fraction of sp³-hybridized carbons (Fsp3) is 0.833. The summed E-state index contributed by atoms with van der Waals surface area (Å²) in [4.78, 5) is 0. The van der Waals surface area contributed by atoms with Crippen molar-refractivity contribution in [2.75, 3.05) is 0 Å². The van der Waals surface area contributed by atoms with Crippen LogP contribution in [0, 0.1) is 5.92 Å². The standard InChI is InChI=1S/C12H22O/c1-10(11(2)13)8-9-12-6-4-3-5-7-12/h6,10-11,13H,3-5,7-9H2,1-2H3. The van der Waals surface area contributed by atoms with Crippen molar-refractivity contribution in [3.8, 4) is 0 Å². The molecule has 0 heterocycles. The van der Waals surface area contributed by atoms with Crippen LogP contribution in [0.3, 0.4) is 0 Å². The Morgan fingerprint density at radius 2 is 2.15 bits per heavy atom. The van der Waals surface area contributed by atoms with Crippen molar-refractivity contribution in [2.24, 2.45) is 5.92 Å². The summed E-state index contributed by atoms with van der Waals surface area (Å²) in [5, 5.41) is 9.33. The van der Waals surface area contributed by atoms with Gasteiger partial charge in [-0.15, -0.1) is 0 Å². The summed E-state index contributed by atoms with van der Waals surface area (Å²) in [5.41, 5.74) is 1.62. The number of aliphatic hydroxyl groups excluding tert-OH is 1. The zero-order valence-electron chi connectivity index (χ0n) is 8.92. The van der Waals surface area contributed by atoms with E-state index in [-0.39, 0.29) is 6.10 Å².